The number of pyridine rings is 2. The van der Waals surface area contributed by atoms with Gasteiger partial charge < -0.3 is 4.98 Å². The lowest BCUT2D eigenvalue weighted by Gasteiger charge is -2.35. The summed E-state index contributed by atoms with van der Waals surface area (Å²) in [5.74, 6) is 0.576. The summed E-state index contributed by atoms with van der Waals surface area (Å²) in [5, 5.41) is 0. The van der Waals surface area contributed by atoms with Crippen molar-refractivity contribution in [2.24, 2.45) is 0 Å². The molecule has 0 amide bonds. The smallest absolute Gasteiger partial charge is 0.251 e. The van der Waals surface area contributed by atoms with Gasteiger partial charge in [0.15, 0.2) is 0 Å². The van der Waals surface area contributed by atoms with Crippen molar-refractivity contribution in [1.29, 1.82) is 0 Å². The lowest BCUT2D eigenvalue weighted by molar-refractivity contribution is 0.137. The lowest BCUT2D eigenvalue weighted by Crippen LogP contribution is -2.34. The third kappa shape index (κ3) is 3.70. The molecule has 6 heteroatoms. The van der Waals surface area contributed by atoms with Crippen molar-refractivity contribution < 1.29 is 0 Å². The number of aromatic nitrogens is 4. The highest BCUT2D eigenvalue weighted by molar-refractivity contribution is 5.52. The van der Waals surface area contributed by atoms with E-state index in [0.717, 1.165) is 43.6 Å². The minimum atomic E-state index is -0.124. The van der Waals surface area contributed by atoms with Crippen molar-refractivity contribution in [1.82, 2.24) is 24.8 Å². The zero-order valence-corrected chi connectivity index (χ0v) is 14.5. The number of likely N-dealkylation sites (tertiary alicyclic amines) is 1. The van der Waals surface area contributed by atoms with Crippen LogP contribution < -0.4 is 5.56 Å². The van der Waals surface area contributed by atoms with Gasteiger partial charge in [0.2, 0.25) is 0 Å². The molecular weight excluding hydrogens is 326 g/mol. The molecule has 6 nitrogen and oxygen atoms in total. The largest absolute Gasteiger partial charge is 0.306 e. The van der Waals surface area contributed by atoms with Crippen molar-refractivity contribution >= 4 is 0 Å². The fourth-order valence-corrected chi connectivity index (χ4v) is 3.53. The van der Waals surface area contributed by atoms with Crippen LogP contribution >= 0.6 is 0 Å². The van der Waals surface area contributed by atoms with Gasteiger partial charge in [-0.1, -0.05) is 12.5 Å². The summed E-state index contributed by atoms with van der Waals surface area (Å²) in [5.41, 5.74) is 2.70. The van der Waals surface area contributed by atoms with Crippen molar-refractivity contribution in [3.8, 4) is 11.4 Å². The van der Waals surface area contributed by atoms with Crippen LogP contribution in [0.2, 0.25) is 0 Å². The van der Waals surface area contributed by atoms with Gasteiger partial charge in [0.05, 0.1) is 11.7 Å². The van der Waals surface area contributed by atoms with Gasteiger partial charge >= 0.3 is 0 Å². The third-order valence-corrected chi connectivity index (χ3v) is 4.76. The predicted octanol–water partition coefficient (Wildman–Crippen LogP) is 2.95. The number of piperidine rings is 1. The molecule has 0 aromatic carbocycles. The summed E-state index contributed by atoms with van der Waals surface area (Å²) in [6, 6.07) is 9.57. The molecule has 0 saturated carbocycles. The number of hydrogen-bond acceptors (Lipinski definition) is 5. The van der Waals surface area contributed by atoms with E-state index in [1.807, 2.05) is 24.4 Å². The number of nitrogens with zero attached hydrogens (tertiary/aromatic N) is 4. The van der Waals surface area contributed by atoms with E-state index in [1.165, 1.54) is 5.56 Å². The fraction of sp³-hybridized carbons (Fsp3) is 0.300. The van der Waals surface area contributed by atoms with Crippen LogP contribution in [-0.2, 0) is 6.54 Å². The summed E-state index contributed by atoms with van der Waals surface area (Å²) in [6.45, 7) is 1.81. The van der Waals surface area contributed by atoms with E-state index in [9.17, 15) is 4.79 Å². The Kier molecular flexibility index (Phi) is 4.84. The summed E-state index contributed by atoms with van der Waals surface area (Å²) in [6.07, 6.45) is 10.4. The highest BCUT2D eigenvalue weighted by Gasteiger charge is 2.26. The van der Waals surface area contributed by atoms with Crippen LogP contribution in [0.5, 0.6) is 0 Å². The standard InChI is InChI=1S/C20H21N5O/c26-19-11-17(23-20(24-19)16-6-4-9-22-13-16)18-7-1-2-10-25(18)14-15-5-3-8-21-12-15/h3-6,8-9,11-13,18H,1-2,7,10,14H2,(H,23,24,26)/t18-/m1/s1. The average Bonchev–Trinajstić information content (AvgIpc) is 2.69. The molecule has 1 saturated heterocycles. The van der Waals surface area contributed by atoms with Gasteiger partial charge in [-0.25, -0.2) is 4.98 Å². The molecule has 0 radical (unpaired) electrons. The Hall–Kier alpha value is -2.86. The van der Waals surface area contributed by atoms with Gasteiger partial charge in [0, 0.05) is 43.0 Å². The predicted molar refractivity (Wildman–Crippen MR) is 99.3 cm³/mol. The maximum atomic E-state index is 12.2. The molecule has 4 rings (SSSR count). The second kappa shape index (κ2) is 7.58. The molecule has 3 aromatic heterocycles. The molecule has 26 heavy (non-hydrogen) atoms. The molecule has 0 aliphatic carbocycles. The maximum absolute atomic E-state index is 12.2. The summed E-state index contributed by atoms with van der Waals surface area (Å²) >= 11 is 0. The zero-order chi connectivity index (χ0) is 17.8. The van der Waals surface area contributed by atoms with Gasteiger partial charge in [0.1, 0.15) is 5.82 Å². The van der Waals surface area contributed by atoms with Crippen LogP contribution in [-0.4, -0.2) is 31.4 Å². The maximum Gasteiger partial charge on any atom is 0.251 e. The summed E-state index contributed by atoms with van der Waals surface area (Å²) < 4.78 is 0. The molecule has 1 fully saturated rings. The number of H-pyrrole nitrogens is 1. The van der Waals surface area contributed by atoms with Crippen LogP contribution in [0.3, 0.4) is 0 Å². The van der Waals surface area contributed by atoms with E-state index in [0.29, 0.717) is 5.82 Å². The topological polar surface area (TPSA) is 74.8 Å². The first-order valence-corrected chi connectivity index (χ1v) is 8.94. The molecule has 132 valence electrons. The molecule has 1 N–H and O–H groups in total. The molecule has 1 aliphatic heterocycles. The van der Waals surface area contributed by atoms with Crippen molar-refractivity contribution in [3.05, 3.63) is 76.7 Å². The van der Waals surface area contributed by atoms with Crippen molar-refractivity contribution in [2.75, 3.05) is 6.54 Å². The first-order valence-electron chi connectivity index (χ1n) is 8.94. The Morgan fingerprint density at radius 3 is 2.73 bits per heavy atom. The van der Waals surface area contributed by atoms with E-state index >= 15 is 0 Å². The Balaban J connectivity index is 1.66. The quantitative estimate of drug-likeness (QED) is 0.785. The van der Waals surface area contributed by atoms with Crippen LogP contribution in [0, 0.1) is 0 Å². The zero-order valence-electron chi connectivity index (χ0n) is 14.5. The van der Waals surface area contributed by atoms with E-state index in [-0.39, 0.29) is 11.6 Å². The fourth-order valence-electron chi connectivity index (χ4n) is 3.53. The molecule has 1 aliphatic rings. The number of aromatic amines is 1. The van der Waals surface area contributed by atoms with Crippen molar-refractivity contribution in [3.63, 3.8) is 0 Å². The normalized spacial score (nSPS) is 17.9. The monoisotopic (exact) mass is 347 g/mol. The van der Waals surface area contributed by atoms with Crippen LogP contribution in [0.1, 0.15) is 36.6 Å². The van der Waals surface area contributed by atoms with E-state index in [2.05, 4.69) is 25.9 Å². The number of rotatable bonds is 4. The number of hydrogen-bond donors (Lipinski definition) is 1. The second-order valence-electron chi connectivity index (χ2n) is 6.60. The van der Waals surface area contributed by atoms with Gasteiger partial charge in [-0.2, -0.15) is 0 Å². The van der Waals surface area contributed by atoms with Gasteiger partial charge in [-0.05, 0) is 43.1 Å². The first-order chi connectivity index (χ1) is 12.8. The Labute approximate surface area is 152 Å². The average molecular weight is 347 g/mol. The molecular formula is C20H21N5O. The van der Waals surface area contributed by atoms with Crippen LogP contribution in [0.15, 0.2) is 59.9 Å². The minimum Gasteiger partial charge on any atom is -0.306 e. The highest BCUT2D eigenvalue weighted by atomic mass is 16.1. The van der Waals surface area contributed by atoms with Crippen molar-refractivity contribution in [2.45, 2.75) is 31.8 Å². The number of nitrogens with one attached hydrogen (secondary N) is 1. The van der Waals surface area contributed by atoms with E-state index < -0.39 is 0 Å². The molecule has 3 aromatic rings. The van der Waals surface area contributed by atoms with Gasteiger partial charge in [0.25, 0.3) is 5.56 Å². The second-order valence-corrected chi connectivity index (χ2v) is 6.60. The highest BCUT2D eigenvalue weighted by Crippen LogP contribution is 2.31. The molecule has 4 heterocycles. The van der Waals surface area contributed by atoms with Gasteiger partial charge in [-0.15, -0.1) is 0 Å². The van der Waals surface area contributed by atoms with Gasteiger partial charge in [-0.3, -0.25) is 19.7 Å². The molecule has 0 spiro atoms. The molecule has 1 atom stereocenters. The Morgan fingerprint density at radius 1 is 1.12 bits per heavy atom. The van der Waals surface area contributed by atoms with Crippen LogP contribution in [0.4, 0.5) is 0 Å². The Bertz CT molecular complexity index is 910. The summed E-state index contributed by atoms with van der Waals surface area (Å²) in [7, 11) is 0. The van der Waals surface area contributed by atoms with E-state index in [4.69, 9.17) is 4.98 Å². The Morgan fingerprint density at radius 2 is 1.96 bits per heavy atom. The van der Waals surface area contributed by atoms with E-state index in [1.54, 1.807) is 24.7 Å². The first kappa shape index (κ1) is 16.6. The van der Waals surface area contributed by atoms with Crippen LogP contribution in [0.25, 0.3) is 11.4 Å². The minimum absolute atomic E-state index is 0.124. The lowest BCUT2D eigenvalue weighted by atomic mass is 9.98. The molecule has 0 unspecified atom stereocenters. The summed E-state index contributed by atoms with van der Waals surface area (Å²) in [4.78, 5) is 30.6. The third-order valence-electron chi connectivity index (χ3n) is 4.76. The molecule has 0 bridgehead atoms. The SMILES string of the molecule is O=c1cc([C@H]2CCCCN2Cc2cccnc2)nc(-c2cccnc2)[nH]1.